The lowest BCUT2D eigenvalue weighted by molar-refractivity contribution is 0.0428. The molecule has 0 aliphatic carbocycles. The molecule has 2 fully saturated rings. The number of nitrogens with zero attached hydrogens (tertiary/aromatic N) is 5. The highest BCUT2D eigenvalue weighted by molar-refractivity contribution is 7.18. The van der Waals surface area contributed by atoms with E-state index in [1.807, 2.05) is 9.80 Å². The van der Waals surface area contributed by atoms with Crippen LogP contribution in [-0.2, 0) is 11.2 Å². The molecule has 0 N–H and O–H groups in total. The first-order valence-electron chi connectivity index (χ1n) is 8.86. The van der Waals surface area contributed by atoms with Crippen molar-refractivity contribution >= 4 is 33.4 Å². The Morgan fingerprint density at radius 3 is 2.56 bits per heavy atom. The van der Waals surface area contributed by atoms with Crippen molar-refractivity contribution in [3.8, 4) is 0 Å². The number of piperazine rings is 1. The van der Waals surface area contributed by atoms with Gasteiger partial charge in [0.2, 0.25) is 0 Å². The molecule has 4 heterocycles. The van der Waals surface area contributed by atoms with E-state index in [0.29, 0.717) is 26.3 Å². The highest BCUT2D eigenvalue weighted by atomic mass is 32.1. The van der Waals surface area contributed by atoms with Crippen LogP contribution in [0.5, 0.6) is 0 Å². The first-order chi connectivity index (χ1) is 12.3. The van der Waals surface area contributed by atoms with Crippen LogP contribution in [0.1, 0.15) is 11.8 Å². The van der Waals surface area contributed by atoms with Gasteiger partial charge in [0, 0.05) is 44.1 Å². The highest BCUT2D eigenvalue weighted by Crippen LogP contribution is 2.31. The first kappa shape index (κ1) is 16.5. The van der Waals surface area contributed by atoms with Crippen LogP contribution < -0.4 is 4.90 Å². The lowest BCUT2D eigenvalue weighted by Crippen LogP contribution is -2.55. The maximum Gasteiger partial charge on any atom is 0.320 e. The molecule has 2 aliphatic heterocycles. The average Bonchev–Trinajstić information content (AvgIpc) is 3.12. The summed E-state index contributed by atoms with van der Waals surface area (Å²) in [6.07, 6.45) is 2.67. The fourth-order valence-corrected chi connectivity index (χ4v) is 4.31. The summed E-state index contributed by atoms with van der Waals surface area (Å²) in [6.45, 7) is 7.90. The molecule has 25 heavy (non-hydrogen) atoms. The number of hydrogen-bond acceptors (Lipinski definition) is 6. The Hall–Kier alpha value is -1.93. The number of anilines is 1. The Bertz CT molecular complexity index is 751. The lowest BCUT2D eigenvalue weighted by Gasteiger charge is -2.39. The van der Waals surface area contributed by atoms with Gasteiger partial charge in [0.15, 0.2) is 0 Å². The van der Waals surface area contributed by atoms with Crippen LogP contribution in [0.4, 0.5) is 10.6 Å². The van der Waals surface area contributed by atoms with E-state index in [4.69, 9.17) is 4.74 Å². The van der Waals surface area contributed by atoms with E-state index in [9.17, 15) is 4.79 Å². The second-order valence-corrected chi connectivity index (χ2v) is 7.45. The molecule has 7 nitrogen and oxygen atoms in total. The van der Waals surface area contributed by atoms with Crippen LogP contribution in [0.2, 0.25) is 0 Å². The standard InChI is InChI=1S/C17H23N5O2S/c1-2-13-11-14-15(18-12-19-16(14)25-13)20-3-5-21(6-4-20)17(23)22-7-9-24-10-8-22/h11-12H,2-10H2,1H3. The fourth-order valence-electron chi connectivity index (χ4n) is 3.38. The minimum atomic E-state index is 0.139. The molecule has 0 radical (unpaired) electrons. The van der Waals surface area contributed by atoms with Crippen LogP contribution in [0.15, 0.2) is 12.4 Å². The van der Waals surface area contributed by atoms with Crippen molar-refractivity contribution in [1.82, 2.24) is 19.8 Å². The van der Waals surface area contributed by atoms with E-state index in [-0.39, 0.29) is 6.03 Å². The van der Waals surface area contributed by atoms with Crippen molar-refractivity contribution in [2.75, 3.05) is 57.4 Å². The Labute approximate surface area is 151 Å². The number of aryl methyl sites for hydroxylation is 1. The number of amides is 2. The minimum Gasteiger partial charge on any atom is -0.378 e. The van der Waals surface area contributed by atoms with Gasteiger partial charge in [0.25, 0.3) is 0 Å². The van der Waals surface area contributed by atoms with Gasteiger partial charge in [-0.2, -0.15) is 0 Å². The van der Waals surface area contributed by atoms with E-state index in [1.54, 1.807) is 17.7 Å². The van der Waals surface area contributed by atoms with Gasteiger partial charge in [0.05, 0.1) is 18.6 Å². The summed E-state index contributed by atoms with van der Waals surface area (Å²) in [5.74, 6) is 0.999. The molecule has 0 bridgehead atoms. The summed E-state index contributed by atoms with van der Waals surface area (Å²) >= 11 is 1.74. The van der Waals surface area contributed by atoms with Crippen molar-refractivity contribution in [3.63, 3.8) is 0 Å². The molecular formula is C17H23N5O2S. The predicted molar refractivity (Wildman–Crippen MR) is 98.4 cm³/mol. The van der Waals surface area contributed by atoms with Crippen molar-refractivity contribution < 1.29 is 9.53 Å². The molecule has 0 unspecified atom stereocenters. The molecule has 8 heteroatoms. The molecule has 4 rings (SSSR count). The number of carbonyl (C=O) groups is 1. The molecular weight excluding hydrogens is 338 g/mol. The molecule has 2 saturated heterocycles. The number of carbonyl (C=O) groups excluding carboxylic acids is 1. The van der Waals surface area contributed by atoms with Crippen molar-refractivity contribution in [3.05, 3.63) is 17.3 Å². The third-order valence-electron chi connectivity index (χ3n) is 4.84. The molecule has 0 spiro atoms. The second-order valence-electron chi connectivity index (χ2n) is 6.34. The summed E-state index contributed by atoms with van der Waals surface area (Å²) in [6, 6.07) is 2.35. The number of rotatable bonds is 2. The summed E-state index contributed by atoms with van der Waals surface area (Å²) in [5, 5.41) is 1.14. The molecule has 0 aromatic carbocycles. The van der Waals surface area contributed by atoms with Crippen LogP contribution >= 0.6 is 11.3 Å². The number of morpholine rings is 1. The van der Waals surface area contributed by atoms with Gasteiger partial charge in [0.1, 0.15) is 17.0 Å². The van der Waals surface area contributed by atoms with Gasteiger partial charge >= 0.3 is 6.03 Å². The molecule has 0 atom stereocenters. The van der Waals surface area contributed by atoms with Gasteiger partial charge in [-0.05, 0) is 12.5 Å². The largest absolute Gasteiger partial charge is 0.378 e. The van der Waals surface area contributed by atoms with Gasteiger partial charge in [-0.1, -0.05) is 6.92 Å². The highest BCUT2D eigenvalue weighted by Gasteiger charge is 2.27. The number of aromatic nitrogens is 2. The lowest BCUT2D eigenvalue weighted by atomic mass is 10.2. The zero-order valence-electron chi connectivity index (χ0n) is 14.5. The topological polar surface area (TPSA) is 61.8 Å². The van der Waals surface area contributed by atoms with E-state index >= 15 is 0 Å². The number of hydrogen-bond donors (Lipinski definition) is 0. The van der Waals surface area contributed by atoms with Gasteiger partial charge in [-0.3, -0.25) is 0 Å². The summed E-state index contributed by atoms with van der Waals surface area (Å²) < 4.78 is 5.33. The van der Waals surface area contributed by atoms with Crippen LogP contribution in [0.3, 0.4) is 0 Å². The smallest absolute Gasteiger partial charge is 0.320 e. The van der Waals surface area contributed by atoms with E-state index in [1.165, 1.54) is 4.88 Å². The molecule has 2 amide bonds. The van der Waals surface area contributed by atoms with Crippen LogP contribution in [0, 0.1) is 0 Å². The Kier molecular flexibility index (Phi) is 4.72. The third-order valence-corrected chi connectivity index (χ3v) is 6.03. The molecule has 2 aromatic rings. The van der Waals surface area contributed by atoms with E-state index < -0.39 is 0 Å². The SMILES string of the molecule is CCc1cc2c(N3CCN(C(=O)N4CCOCC4)CC3)ncnc2s1. The number of thiophene rings is 1. The Balaban J connectivity index is 1.45. The quantitative estimate of drug-likeness (QED) is 0.817. The average molecular weight is 361 g/mol. The van der Waals surface area contributed by atoms with Crippen LogP contribution in [0.25, 0.3) is 10.2 Å². The van der Waals surface area contributed by atoms with Gasteiger partial charge in [-0.15, -0.1) is 11.3 Å². The zero-order chi connectivity index (χ0) is 17.2. The van der Waals surface area contributed by atoms with E-state index in [2.05, 4.69) is 27.9 Å². The van der Waals surface area contributed by atoms with E-state index in [0.717, 1.165) is 48.6 Å². The molecule has 2 aromatic heterocycles. The summed E-state index contributed by atoms with van der Waals surface area (Å²) in [4.78, 5) is 30.0. The Morgan fingerprint density at radius 2 is 1.84 bits per heavy atom. The number of fused-ring (bicyclic) bond motifs is 1. The molecule has 134 valence electrons. The van der Waals surface area contributed by atoms with Crippen molar-refractivity contribution in [2.45, 2.75) is 13.3 Å². The Morgan fingerprint density at radius 1 is 1.12 bits per heavy atom. The normalized spacial score (nSPS) is 18.8. The minimum absolute atomic E-state index is 0.139. The zero-order valence-corrected chi connectivity index (χ0v) is 15.3. The van der Waals surface area contributed by atoms with Gasteiger partial charge in [-0.25, -0.2) is 14.8 Å². The van der Waals surface area contributed by atoms with Crippen LogP contribution in [-0.4, -0.2) is 78.3 Å². The third kappa shape index (κ3) is 3.28. The monoisotopic (exact) mass is 361 g/mol. The molecule has 0 saturated carbocycles. The summed E-state index contributed by atoms with van der Waals surface area (Å²) in [5.41, 5.74) is 0. The maximum atomic E-state index is 12.6. The predicted octanol–water partition coefficient (Wildman–Crippen LogP) is 1.83. The first-order valence-corrected chi connectivity index (χ1v) is 9.68. The number of ether oxygens (including phenoxy) is 1. The van der Waals surface area contributed by atoms with Gasteiger partial charge < -0.3 is 19.4 Å². The molecule has 2 aliphatic rings. The second kappa shape index (κ2) is 7.13. The fraction of sp³-hybridized carbons (Fsp3) is 0.588. The number of urea groups is 1. The summed E-state index contributed by atoms with van der Waals surface area (Å²) in [7, 11) is 0. The van der Waals surface area contributed by atoms with Crippen molar-refractivity contribution in [1.29, 1.82) is 0 Å². The maximum absolute atomic E-state index is 12.6. The van der Waals surface area contributed by atoms with Crippen molar-refractivity contribution in [2.24, 2.45) is 0 Å².